The number of phenols is 1. The molecule has 2 aromatic carbocycles. The SMILES string of the molecule is CC1CCOc2cc(C#Cc3ccccc3)cc(O)c21. The third-order valence-corrected chi connectivity index (χ3v) is 3.55. The van der Waals surface area contributed by atoms with Gasteiger partial charge in [0.25, 0.3) is 0 Å². The maximum absolute atomic E-state index is 10.2. The topological polar surface area (TPSA) is 29.5 Å². The average molecular weight is 264 g/mol. The molecule has 2 heteroatoms. The Kier molecular flexibility index (Phi) is 3.35. The van der Waals surface area contributed by atoms with Gasteiger partial charge < -0.3 is 9.84 Å². The van der Waals surface area contributed by atoms with Crippen molar-refractivity contribution in [2.24, 2.45) is 0 Å². The normalized spacial score (nSPS) is 16.6. The summed E-state index contributed by atoms with van der Waals surface area (Å²) in [5.41, 5.74) is 2.64. The Morgan fingerprint density at radius 1 is 1.10 bits per heavy atom. The number of hydrogen-bond acceptors (Lipinski definition) is 2. The van der Waals surface area contributed by atoms with Gasteiger partial charge in [0.1, 0.15) is 11.5 Å². The van der Waals surface area contributed by atoms with Crippen molar-refractivity contribution in [3.05, 3.63) is 59.2 Å². The first-order chi connectivity index (χ1) is 9.74. The maximum Gasteiger partial charge on any atom is 0.127 e. The molecule has 1 aliphatic rings. The van der Waals surface area contributed by atoms with Gasteiger partial charge in [-0.1, -0.05) is 37.0 Å². The quantitative estimate of drug-likeness (QED) is 0.735. The van der Waals surface area contributed by atoms with Crippen molar-refractivity contribution < 1.29 is 9.84 Å². The number of fused-ring (bicyclic) bond motifs is 1. The Hall–Kier alpha value is -2.40. The van der Waals surface area contributed by atoms with Crippen LogP contribution in [0, 0.1) is 11.8 Å². The highest BCUT2D eigenvalue weighted by molar-refractivity contribution is 5.55. The van der Waals surface area contributed by atoms with Crippen molar-refractivity contribution in [2.75, 3.05) is 6.61 Å². The lowest BCUT2D eigenvalue weighted by Crippen LogP contribution is -2.12. The van der Waals surface area contributed by atoms with Crippen LogP contribution in [-0.2, 0) is 0 Å². The third kappa shape index (κ3) is 2.48. The molecule has 0 saturated carbocycles. The molecule has 100 valence electrons. The lowest BCUT2D eigenvalue weighted by molar-refractivity contribution is 0.267. The van der Waals surface area contributed by atoms with Crippen LogP contribution in [0.5, 0.6) is 11.5 Å². The molecule has 3 rings (SSSR count). The van der Waals surface area contributed by atoms with Gasteiger partial charge in [-0.15, -0.1) is 0 Å². The summed E-state index contributed by atoms with van der Waals surface area (Å²) in [7, 11) is 0. The Balaban J connectivity index is 1.97. The van der Waals surface area contributed by atoms with Gasteiger partial charge in [-0.2, -0.15) is 0 Å². The molecule has 1 N–H and O–H groups in total. The lowest BCUT2D eigenvalue weighted by Gasteiger charge is -2.24. The first-order valence-corrected chi connectivity index (χ1v) is 6.81. The second-order valence-corrected chi connectivity index (χ2v) is 5.06. The molecule has 1 heterocycles. The summed E-state index contributed by atoms with van der Waals surface area (Å²) < 4.78 is 5.64. The van der Waals surface area contributed by atoms with Crippen molar-refractivity contribution in [1.29, 1.82) is 0 Å². The Morgan fingerprint density at radius 3 is 2.65 bits per heavy atom. The predicted octanol–water partition coefficient (Wildman–Crippen LogP) is 3.68. The first-order valence-electron chi connectivity index (χ1n) is 6.81. The van der Waals surface area contributed by atoms with Gasteiger partial charge >= 0.3 is 0 Å². The zero-order valence-electron chi connectivity index (χ0n) is 11.4. The summed E-state index contributed by atoms with van der Waals surface area (Å²) in [5, 5.41) is 10.2. The number of phenolic OH excluding ortho intramolecular Hbond substituents is 1. The van der Waals surface area contributed by atoms with E-state index in [-0.39, 0.29) is 5.75 Å². The second-order valence-electron chi connectivity index (χ2n) is 5.06. The van der Waals surface area contributed by atoms with Gasteiger partial charge in [0.15, 0.2) is 0 Å². The van der Waals surface area contributed by atoms with E-state index in [1.165, 1.54) is 0 Å². The molecule has 0 fully saturated rings. The van der Waals surface area contributed by atoms with Gasteiger partial charge in [0, 0.05) is 16.7 Å². The molecule has 1 atom stereocenters. The smallest absolute Gasteiger partial charge is 0.127 e. The predicted molar refractivity (Wildman–Crippen MR) is 79.1 cm³/mol. The summed E-state index contributed by atoms with van der Waals surface area (Å²) >= 11 is 0. The number of ether oxygens (including phenoxy) is 1. The highest BCUT2D eigenvalue weighted by Gasteiger charge is 2.21. The molecular formula is C18H16O2. The van der Waals surface area contributed by atoms with Crippen molar-refractivity contribution >= 4 is 0 Å². The van der Waals surface area contributed by atoms with E-state index in [2.05, 4.69) is 18.8 Å². The van der Waals surface area contributed by atoms with Crippen LogP contribution in [0.3, 0.4) is 0 Å². The Morgan fingerprint density at radius 2 is 1.85 bits per heavy atom. The van der Waals surface area contributed by atoms with Crippen LogP contribution < -0.4 is 4.74 Å². The van der Waals surface area contributed by atoms with E-state index in [1.54, 1.807) is 6.07 Å². The molecule has 1 unspecified atom stereocenters. The van der Waals surface area contributed by atoms with Gasteiger partial charge in [-0.3, -0.25) is 0 Å². The summed E-state index contributed by atoms with van der Waals surface area (Å²) in [6.07, 6.45) is 0.940. The van der Waals surface area contributed by atoms with Crippen molar-refractivity contribution in [3.8, 4) is 23.3 Å². The second kappa shape index (κ2) is 5.30. The van der Waals surface area contributed by atoms with Crippen molar-refractivity contribution in [1.82, 2.24) is 0 Å². The van der Waals surface area contributed by atoms with E-state index in [1.807, 2.05) is 36.4 Å². The van der Waals surface area contributed by atoms with E-state index < -0.39 is 0 Å². The van der Waals surface area contributed by atoms with E-state index in [0.29, 0.717) is 12.5 Å². The van der Waals surface area contributed by atoms with E-state index >= 15 is 0 Å². The largest absolute Gasteiger partial charge is 0.507 e. The van der Waals surface area contributed by atoms with Gasteiger partial charge in [-0.05, 0) is 36.6 Å². The van der Waals surface area contributed by atoms with Gasteiger partial charge in [0.2, 0.25) is 0 Å². The highest BCUT2D eigenvalue weighted by atomic mass is 16.5. The number of aromatic hydroxyl groups is 1. The van der Waals surface area contributed by atoms with Crippen LogP contribution in [-0.4, -0.2) is 11.7 Å². The number of rotatable bonds is 0. The maximum atomic E-state index is 10.2. The van der Waals surface area contributed by atoms with E-state index in [0.717, 1.165) is 28.9 Å². The van der Waals surface area contributed by atoms with Crippen LogP contribution in [0.4, 0.5) is 0 Å². The minimum atomic E-state index is 0.284. The van der Waals surface area contributed by atoms with E-state index in [4.69, 9.17) is 4.74 Å². The number of benzene rings is 2. The summed E-state index contributed by atoms with van der Waals surface area (Å²) in [6, 6.07) is 13.4. The standard InChI is InChI=1S/C18H16O2/c1-13-9-10-20-17-12-15(11-16(19)18(13)17)8-7-14-5-3-2-4-6-14/h2-6,11-13,19H,9-10H2,1H3. The number of hydrogen-bond donors (Lipinski definition) is 1. The van der Waals surface area contributed by atoms with Gasteiger partial charge in [0.05, 0.1) is 6.61 Å². The molecule has 0 aliphatic carbocycles. The molecule has 0 amide bonds. The van der Waals surface area contributed by atoms with Crippen LogP contribution in [0.25, 0.3) is 0 Å². The van der Waals surface area contributed by atoms with Crippen LogP contribution >= 0.6 is 0 Å². The summed E-state index contributed by atoms with van der Waals surface area (Å²) in [5.74, 6) is 7.54. The minimum Gasteiger partial charge on any atom is -0.507 e. The van der Waals surface area contributed by atoms with Crippen molar-refractivity contribution in [2.45, 2.75) is 19.3 Å². The molecule has 0 radical (unpaired) electrons. The first kappa shape index (κ1) is 12.6. The summed E-state index contributed by atoms with van der Waals surface area (Å²) in [6.45, 7) is 2.81. The monoisotopic (exact) mass is 264 g/mol. The fraction of sp³-hybridized carbons (Fsp3) is 0.222. The Bertz CT molecular complexity index is 678. The fourth-order valence-corrected chi connectivity index (χ4v) is 2.45. The van der Waals surface area contributed by atoms with Crippen LogP contribution in [0.15, 0.2) is 42.5 Å². The molecule has 2 aromatic rings. The average Bonchev–Trinajstić information content (AvgIpc) is 2.46. The zero-order valence-corrected chi connectivity index (χ0v) is 11.4. The van der Waals surface area contributed by atoms with Crippen LogP contribution in [0.2, 0.25) is 0 Å². The molecule has 20 heavy (non-hydrogen) atoms. The van der Waals surface area contributed by atoms with Crippen LogP contribution in [0.1, 0.15) is 36.0 Å². The van der Waals surface area contributed by atoms with Crippen molar-refractivity contribution in [3.63, 3.8) is 0 Å². The summed E-state index contributed by atoms with van der Waals surface area (Å²) in [4.78, 5) is 0. The molecule has 1 aliphatic heterocycles. The lowest BCUT2D eigenvalue weighted by atomic mass is 9.93. The van der Waals surface area contributed by atoms with E-state index in [9.17, 15) is 5.11 Å². The molecule has 0 spiro atoms. The molecular weight excluding hydrogens is 248 g/mol. The molecule has 0 aromatic heterocycles. The fourth-order valence-electron chi connectivity index (χ4n) is 2.45. The van der Waals surface area contributed by atoms with Gasteiger partial charge in [-0.25, -0.2) is 0 Å². The minimum absolute atomic E-state index is 0.284. The zero-order chi connectivity index (χ0) is 13.9. The highest BCUT2D eigenvalue weighted by Crippen LogP contribution is 2.40. The Labute approximate surface area is 119 Å². The molecule has 0 saturated heterocycles. The molecule has 0 bridgehead atoms. The third-order valence-electron chi connectivity index (χ3n) is 3.55. The molecule has 2 nitrogen and oxygen atoms in total.